The Hall–Kier alpha value is -3.20. The summed E-state index contributed by atoms with van der Waals surface area (Å²) in [6.07, 6.45) is 1.79. The summed E-state index contributed by atoms with van der Waals surface area (Å²) in [6.45, 7) is 7.45. The molecule has 0 saturated carbocycles. The number of para-hydroxylation sites is 1. The largest absolute Gasteiger partial charge is 0.492 e. The SMILES string of the molecule is CC(C)(C)C(=O)Oc1c2n(c([C@@H]3CCCN3)nc1=O)CCN(CCOc1ccccc1)C2=O. The summed E-state index contributed by atoms with van der Waals surface area (Å²) in [6, 6.07) is 9.26. The summed E-state index contributed by atoms with van der Waals surface area (Å²) >= 11 is 0. The Morgan fingerprint density at radius 1 is 1.18 bits per heavy atom. The number of esters is 1. The molecule has 0 unspecified atom stereocenters. The van der Waals surface area contributed by atoms with Crippen LogP contribution in [0.1, 0.15) is 56.0 Å². The highest BCUT2D eigenvalue weighted by atomic mass is 16.5. The van der Waals surface area contributed by atoms with Crippen LogP contribution in [0.2, 0.25) is 0 Å². The molecule has 0 spiro atoms. The second kappa shape index (κ2) is 9.35. The predicted molar refractivity (Wildman–Crippen MR) is 121 cm³/mol. The van der Waals surface area contributed by atoms with Crippen LogP contribution >= 0.6 is 0 Å². The average Bonchev–Trinajstić information content (AvgIpc) is 3.31. The molecule has 1 amide bonds. The molecule has 176 valence electrons. The summed E-state index contributed by atoms with van der Waals surface area (Å²) in [5, 5.41) is 3.34. The van der Waals surface area contributed by atoms with Crippen LogP contribution in [-0.2, 0) is 11.3 Å². The number of carbonyl (C=O) groups excluding carboxylic acids is 2. The molecule has 2 aliphatic heterocycles. The van der Waals surface area contributed by atoms with Gasteiger partial charge in [0.15, 0.2) is 5.69 Å². The number of ether oxygens (including phenoxy) is 2. The van der Waals surface area contributed by atoms with E-state index in [1.165, 1.54) is 0 Å². The lowest BCUT2D eigenvalue weighted by atomic mass is 9.97. The van der Waals surface area contributed by atoms with Crippen molar-refractivity contribution in [3.8, 4) is 11.5 Å². The fourth-order valence-corrected chi connectivity index (χ4v) is 3.98. The van der Waals surface area contributed by atoms with Crippen molar-refractivity contribution < 1.29 is 19.1 Å². The summed E-state index contributed by atoms with van der Waals surface area (Å²) in [5.41, 5.74) is -1.45. The number of aromatic nitrogens is 2. The number of amides is 1. The van der Waals surface area contributed by atoms with Gasteiger partial charge in [-0.25, -0.2) is 0 Å². The average molecular weight is 455 g/mol. The maximum atomic E-state index is 13.5. The zero-order valence-corrected chi connectivity index (χ0v) is 19.3. The molecule has 2 aliphatic rings. The van der Waals surface area contributed by atoms with Gasteiger partial charge in [0.1, 0.15) is 18.2 Å². The molecule has 33 heavy (non-hydrogen) atoms. The summed E-state index contributed by atoms with van der Waals surface area (Å²) in [4.78, 5) is 44.9. The highest BCUT2D eigenvalue weighted by Gasteiger charge is 2.36. The van der Waals surface area contributed by atoms with Crippen LogP contribution in [0.25, 0.3) is 0 Å². The second-order valence-electron chi connectivity index (χ2n) is 9.35. The van der Waals surface area contributed by atoms with Gasteiger partial charge in [0, 0.05) is 13.1 Å². The van der Waals surface area contributed by atoms with E-state index in [0.717, 1.165) is 25.1 Å². The van der Waals surface area contributed by atoms with Crippen molar-refractivity contribution in [2.75, 3.05) is 26.2 Å². The highest BCUT2D eigenvalue weighted by molar-refractivity contribution is 5.96. The van der Waals surface area contributed by atoms with Gasteiger partial charge in [0.2, 0.25) is 5.75 Å². The quantitative estimate of drug-likeness (QED) is 0.667. The molecule has 0 bridgehead atoms. The maximum Gasteiger partial charge on any atom is 0.316 e. The number of nitrogens with one attached hydrogen (secondary N) is 1. The topological polar surface area (TPSA) is 103 Å². The smallest absolute Gasteiger partial charge is 0.316 e. The fraction of sp³-hybridized carbons (Fsp3) is 0.500. The molecule has 1 fully saturated rings. The standard InChI is InChI=1S/C24H30N4O5/c1-24(2,3)23(31)33-19-18-22(30)27(14-15-32-16-8-5-4-6-9-16)12-13-28(18)20(26-21(19)29)17-10-7-11-25-17/h4-6,8-9,17,25H,7,10-15H2,1-3H3/t17-/m0/s1. The van der Waals surface area contributed by atoms with E-state index in [4.69, 9.17) is 9.47 Å². The first-order valence-electron chi connectivity index (χ1n) is 11.3. The third kappa shape index (κ3) is 4.93. The molecule has 1 atom stereocenters. The third-order valence-corrected chi connectivity index (χ3v) is 5.81. The number of nitrogens with zero attached hydrogens (tertiary/aromatic N) is 3. The molecule has 1 aromatic heterocycles. The minimum absolute atomic E-state index is 0.0854. The lowest BCUT2D eigenvalue weighted by Crippen LogP contribution is -2.46. The van der Waals surface area contributed by atoms with Crippen LogP contribution in [0.5, 0.6) is 11.5 Å². The minimum Gasteiger partial charge on any atom is -0.492 e. The molecule has 1 aromatic carbocycles. The van der Waals surface area contributed by atoms with Gasteiger partial charge in [-0.2, -0.15) is 4.98 Å². The van der Waals surface area contributed by atoms with E-state index < -0.39 is 16.9 Å². The highest BCUT2D eigenvalue weighted by Crippen LogP contribution is 2.28. The Morgan fingerprint density at radius 3 is 2.61 bits per heavy atom. The van der Waals surface area contributed by atoms with Crippen molar-refractivity contribution >= 4 is 11.9 Å². The van der Waals surface area contributed by atoms with Gasteiger partial charge in [-0.1, -0.05) is 18.2 Å². The summed E-state index contributed by atoms with van der Waals surface area (Å²) in [5.74, 6) is -0.00856. The minimum atomic E-state index is -0.837. The Labute approximate surface area is 192 Å². The molecule has 0 aliphatic carbocycles. The van der Waals surface area contributed by atoms with Gasteiger partial charge in [-0.05, 0) is 52.3 Å². The van der Waals surface area contributed by atoms with Gasteiger partial charge < -0.3 is 24.3 Å². The second-order valence-corrected chi connectivity index (χ2v) is 9.35. The van der Waals surface area contributed by atoms with E-state index in [1.807, 2.05) is 30.3 Å². The molecule has 3 heterocycles. The first kappa shape index (κ1) is 23.0. The van der Waals surface area contributed by atoms with Gasteiger partial charge in [0.25, 0.3) is 5.91 Å². The van der Waals surface area contributed by atoms with Gasteiger partial charge in [-0.15, -0.1) is 0 Å². The number of hydrogen-bond donors (Lipinski definition) is 1. The Bertz CT molecular complexity index is 1080. The van der Waals surface area contributed by atoms with Crippen LogP contribution in [0.15, 0.2) is 35.1 Å². The Kier molecular flexibility index (Phi) is 6.51. The van der Waals surface area contributed by atoms with Gasteiger partial charge in [0.05, 0.1) is 18.0 Å². The molecule has 2 aromatic rings. The number of rotatable bonds is 6. The van der Waals surface area contributed by atoms with Crippen molar-refractivity contribution in [3.05, 3.63) is 52.2 Å². The summed E-state index contributed by atoms with van der Waals surface area (Å²) in [7, 11) is 0. The molecule has 0 radical (unpaired) electrons. The zero-order valence-electron chi connectivity index (χ0n) is 19.3. The van der Waals surface area contributed by atoms with Gasteiger partial charge >= 0.3 is 11.5 Å². The number of fused-ring (bicyclic) bond motifs is 1. The lowest BCUT2D eigenvalue weighted by molar-refractivity contribution is -0.143. The maximum absolute atomic E-state index is 13.5. The van der Waals surface area contributed by atoms with E-state index in [9.17, 15) is 14.4 Å². The van der Waals surface area contributed by atoms with Crippen molar-refractivity contribution in [2.24, 2.45) is 5.41 Å². The van der Waals surface area contributed by atoms with Crippen molar-refractivity contribution in [3.63, 3.8) is 0 Å². The molecule has 9 heteroatoms. The fourth-order valence-electron chi connectivity index (χ4n) is 3.98. The molecule has 1 N–H and O–H groups in total. The zero-order chi connectivity index (χ0) is 23.6. The normalized spacial score (nSPS) is 18.2. The Morgan fingerprint density at radius 2 is 1.94 bits per heavy atom. The van der Waals surface area contributed by atoms with Crippen LogP contribution in [0.4, 0.5) is 0 Å². The summed E-state index contributed by atoms with van der Waals surface area (Å²) < 4.78 is 13.0. The van der Waals surface area contributed by atoms with Crippen molar-refractivity contribution in [1.29, 1.82) is 0 Å². The van der Waals surface area contributed by atoms with Gasteiger partial charge in [-0.3, -0.25) is 14.4 Å². The molecule has 9 nitrogen and oxygen atoms in total. The Balaban J connectivity index is 1.64. The molecule has 4 rings (SSSR count). The first-order valence-corrected chi connectivity index (χ1v) is 11.3. The van der Waals surface area contributed by atoms with Crippen molar-refractivity contribution in [2.45, 2.75) is 46.2 Å². The van der Waals surface area contributed by atoms with E-state index >= 15 is 0 Å². The van der Waals surface area contributed by atoms with Crippen molar-refractivity contribution in [1.82, 2.24) is 19.8 Å². The monoisotopic (exact) mass is 454 g/mol. The van der Waals surface area contributed by atoms with E-state index in [2.05, 4.69) is 10.3 Å². The third-order valence-electron chi connectivity index (χ3n) is 5.81. The van der Waals surface area contributed by atoms with E-state index in [1.54, 1.807) is 30.2 Å². The number of carbonyl (C=O) groups is 2. The van der Waals surface area contributed by atoms with E-state index in [-0.39, 0.29) is 23.4 Å². The number of benzene rings is 1. The molecular formula is C24H30N4O5. The lowest BCUT2D eigenvalue weighted by Gasteiger charge is -2.33. The molecule has 1 saturated heterocycles. The first-order chi connectivity index (χ1) is 15.8. The van der Waals surface area contributed by atoms with Crippen LogP contribution < -0.4 is 20.3 Å². The van der Waals surface area contributed by atoms with Crippen LogP contribution in [0, 0.1) is 5.41 Å². The van der Waals surface area contributed by atoms with E-state index in [0.29, 0.717) is 32.1 Å². The molecular weight excluding hydrogens is 424 g/mol. The number of hydrogen-bond acceptors (Lipinski definition) is 7. The van der Waals surface area contributed by atoms with Crippen LogP contribution in [0.3, 0.4) is 0 Å². The predicted octanol–water partition coefficient (Wildman–Crippen LogP) is 2.15. The van der Waals surface area contributed by atoms with Crippen LogP contribution in [-0.4, -0.2) is 52.6 Å².